The molecule has 0 fully saturated rings. The van der Waals surface area contributed by atoms with E-state index in [9.17, 15) is 17.4 Å². The fourth-order valence-corrected chi connectivity index (χ4v) is 2.52. The van der Waals surface area contributed by atoms with Gasteiger partial charge in [0.25, 0.3) is 0 Å². The van der Waals surface area contributed by atoms with Gasteiger partial charge in [-0.25, -0.2) is 12.8 Å². The van der Waals surface area contributed by atoms with E-state index in [0.29, 0.717) is 11.7 Å². The van der Waals surface area contributed by atoms with Crippen LogP contribution in [0, 0.1) is 5.82 Å². The first-order valence-electron chi connectivity index (χ1n) is 6.84. The van der Waals surface area contributed by atoms with Crippen LogP contribution in [0.3, 0.4) is 0 Å². The van der Waals surface area contributed by atoms with Crippen LogP contribution >= 0.6 is 0 Å². The molecule has 0 aromatic heterocycles. The van der Waals surface area contributed by atoms with Crippen molar-refractivity contribution < 1.29 is 22.1 Å². The minimum atomic E-state index is -4.82. The first kappa shape index (κ1) is 16.5. The zero-order valence-electron chi connectivity index (χ0n) is 12.2. The summed E-state index contributed by atoms with van der Waals surface area (Å²) in [6.45, 7) is 4.22. The Morgan fingerprint density at radius 1 is 1.14 bits per heavy atom. The maximum atomic E-state index is 13.6. The zero-order chi connectivity index (χ0) is 16.3. The summed E-state index contributed by atoms with van der Waals surface area (Å²) in [5, 5.41) is 0. The van der Waals surface area contributed by atoms with Crippen LogP contribution in [0.15, 0.2) is 47.4 Å². The highest BCUT2D eigenvalue weighted by Crippen LogP contribution is 2.27. The molecular formula is C16H16FO4S-. The van der Waals surface area contributed by atoms with Crippen LogP contribution in [0.4, 0.5) is 4.39 Å². The minimum absolute atomic E-state index is 0.126. The quantitative estimate of drug-likeness (QED) is 0.779. The summed E-state index contributed by atoms with van der Waals surface area (Å²) in [7, 11) is -4.82. The van der Waals surface area contributed by atoms with Crippen molar-refractivity contribution in [2.24, 2.45) is 0 Å². The van der Waals surface area contributed by atoms with Crippen LogP contribution in [-0.2, 0) is 10.1 Å². The third-order valence-corrected chi connectivity index (χ3v) is 4.34. The van der Waals surface area contributed by atoms with E-state index in [1.54, 1.807) is 12.1 Å². The van der Waals surface area contributed by atoms with Gasteiger partial charge in [-0.2, -0.15) is 0 Å². The maximum absolute atomic E-state index is 13.6. The molecule has 4 nitrogen and oxygen atoms in total. The topological polar surface area (TPSA) is 66.4 Å². The number of halogens is 1. The number of hydrogen-bond donors (Lipinski definition) is 0. The van der Waals surface area contributed by atoms with Gasteiger partial charge in [0.1, 0.15) is 27.4 Å². The second kappa shape index (κ2) is 6.46. The van der Waals surface area contributed by atoms with Crippen molar-refractivity contribution in [1.82, 2.24) is 0 Å². The van der Waals surface area contributed by atoms with E-state index in [-0.39, 0.29) is 5.75 Å². The minimum Gasteiger partial charge on any atom is -0.744 e. The number of ether oxygens (including phenoxy) is 1. The molecule has 0 saturated heterocycles. The Labute approximate surface area is 129 Å². The van der Waals surface area contributed by atoms with Gasteiger partial charge in [-0.1, -0.05) is 26.0 Å². The zero-order valence-corrected chi connectivity index (χ0v) is 13.1. The number of benzene rings is 2. The lowest BCUT2D eigenvalue weighted by atomic mass is 9.99. The first-order valence-corrected chi connectivity index (χ1v) is 8.25. The molecule has 0 amide bonds. The lowest BCUT2D eigenvalue weighted by Crippen LogP contribution is -2.02. The largest absolute Gasteiger partial charge is 0.744 e. The fraction of sp³-hybridized carbons (Fsp3) is 0.250. The van der Waals surface area contributed by atoms with E-state index in [1.165, 1.54) is 11.6 Å². The molecule has 2 aromatic rings. The molecule has 2 rings (SSSR count). The van der Waals surface area contributed by atoms with Crippen LogP contribution in [0.25, 0.3) is 0 Å². The van der Waals surface area contributed by atoms with E-state index in [4.69, 9.17) is 4.74 Å². The Morgan fingerprint density at radius 2 is 1.73 bits per heavy atom. The van der Waals surface area contributed by atoms with Crippen LogP contribution in [0.5, 0.6) is 11.5 Å². The SMILES string of the molecule is CCC(C)c1ccc(Oc2ccc(S(=O)(=O)[O-])c(F)c2)cc1. The molecule has 1 atom stereocenters. The number of hydrogen-bond acceptors (Lipinski definition) is 4. The molecule has 0 aliphatic rings. The molecule has 6 heteroatoms. The van der Waals surface area contributed by atoms with Gasteiger partial charge in [-0.15, -0.1) is 0 Å². The Balaban J connectivity index is 2.19. The van der Waals surface area contributed by atoms with Crippen molar-refractivity contribution in [3.8, 4) is 11.5 Å². The molecule has 0 spiro atoms. The number of rotatable bonds is 5. The van der Waals surface area contributed by atoms with Crippen LogP contribution in [0.2, 0.25) is 0 Å². The molecular weight excluding hydrogens is 307 g/mol. The first-order chi connectivity index (χ1) is 10.3. The summed E-state index contributed by atoms with van der Waals surface area (Å²) in [5.74, 6) is -0.0536. The second-order valence-corrected chi connectivity index (χ2v) is 6.37. The van der Waals surface area contributed by atoms with E-state index < -0.39 is 20.8 Å². The van der Waals surface area contributed by atoms with Crippen LogP contribution in [-0.4, -0.2) is 13.0 Å². The highest BCUT2D eigenvalue weighted by molar-refractivity contribution is 7.85. The molecule has 0 radical (unpaired) electrons. The predicted octanol–water partition coefficient (Wildman–Crippen LogP) is 4.04. The molecule has 2 aromatic carbocycles. The van der Waals surface area contributed by atoms with Crippen molar-refractivity contribution in [3.63, 3.8) is 0 Å². The molecule has 1 unspecified atom stereocenters. The average Bonchev–Trinajstić information content (AvgIpc) is 2.46. The van der Waals surface area contributed by atoms with E-state index in [1.807, 2.05) is 12.1 Å². The van der Waals surface area contributed by atoms with Crippen molar-refractivity contribution in [3.05, 3.63) is 53.8 Å². The monoisotopic (exact) mass is 323 g/mol. The van der Waals surface area contributed by atoms with Gasteiger partial charge >= 0.3 is 0 Å². The Bertz CT molecular complexity index is 754. The Kier molecular flexibility index (Phi) is 4.83. The van der Waals surface area contributed by atoms with Gasteiger partial charge in [-0.3, -0.25) is 0 Å². The molecule has 118 valence electrons. The predicted molar refractivity (Wildman–Crippen MR) is 79.6 cm³/mol. The average molecular weight is 323 g/mol. The molecule has 0 saturated carbocycles. The van der Waals surface area contributed by atoms with Crippen LogP contribution in [0.1, 0.15) is 31.7 Å². The standard InChI is InChI=1S/C16H17FO4S/c1-3-11(2)12-4-6-13(7-5-12)21-14-8-9-16(15(17)10-14)22(18,19)20/h4-11H,3H2,1-2H3,(H,18,19,20)/p-1. The van der Waals surface area contributed by atoms with Gasteiger partial charge in [0.15, 0.2) is 0 Å². The third kappa shape index (κ3) is 3.84. The Morgan fingerprint density at radius 3 is 2.23 bits per heavy atom. The van der Waals surface area contributed by atoms with Crippen LogP contribution < -0.4 is 4.74 Å². The normalized spacial score (nSPS) is 12.9. The van der Waals surface area contributed by atoms with Gasteiger partial charge in [0.2, 0.25) is 0 Å². The smallest absolute Gasteiger partial charge is 0.144 e. The maximum Gasteiger partial charge on any atom is 0.144 e. The van der Waals surface area contributed by atoms with Gasteiger partial charge in [0, 0.05) is 6.07 Å². The molecule has 0 heterocycles. The summed E-state index contributed by atoms with van der Waals surface area (Å²) in [5.41, 5.74) is 1.17. The highest BCUT2D eigenvalue weighted by atomic mass is 32.2. The van der Waals surface area contributed by atoms with Gasteiger partial charge in [-0.05, 0) is 42.2 Å². The third-order valence-electron chi connectivity index (χ3n) is 3.47. The molecule has 0 bridgehead atoms. The second-order valence-electron chi connectivity index (χ2n) is 5.03. The van der Waals surface area contributed by atoms with E-state index in [2.05, 4.69) is 13.8 Å². The lowest BCUT2D eigenvalue weighted by molar-refractivity contribution is 0.450. The van der Waals surface area contributed by atoms with Gasteiger partial charge < -0.3 is 9.29 Å². The van der Waals surface area contributed by atoms with Crippen molar-refractivity contribution in [1.29, 1.82) is 0 Å². The molecule has 22 heavy (non-hydrogen) atoms. The summed E-state index contributed by atoms with van der Waals surface area (Å²) in [6.07, 6.45) is 1.02. The summed E-state index contributed by atoms with van der Waals surface area (Å²) in [4.78, 5) is -0.882. The van der Waals surface area contributed by atoms with Crippen molar-refractivity contribution in [2.45, 2.75) is 31.1 Å². The van der Waals surface area contributed by atoms with E-state index >= 15 is 0 Å². The fourth-order valence-electron chi connectivity index (χ4n) is 1.98. The van der Waals surface area contributed by atoms with E-state index in [0.717, 1.165) is 18.6 Å². The summed E-state index contributed by atoms with van der Waals surface area (Å²) < 4.78 is 51.5. The van der Waals surface area contributed by atoms with Crippen molar-refractivity contribution >= 4 is 10.1 Å². The summed E-state index contributed by atoms with van der Waals surface area (Å²) in [6, 6.07) is 10.4. The Hall–Kier alpha value is -1.92. The molecule has 0 aliphatic heterocycles. The van der Waals surface area contributed by atoms with Crippen molar-refractivity contribution in [2.75, 3.05) is 0 Å². The van der Waals surface area contributed by atoms with Gasteiger partial charge in [0.05, 0.1) is 4.90 Å². The summed E-state index contributed by atoms with van der Waals surface area (Å²) >= 11 is 0. The molecule has 0 N–H and O–H groups in total. The highest BCUT2D eigenvalue weighted by Gasteiger charge is 2.11. The lowest BCUT2D eigenvalue weighted by Gasteiger charge is -2.12. The molecule has 0 aliphatic carbocycles.